The van der Waals surface area contributed by atoms with Crippen molar-refractivity contribution in [1.82, 2.24) is 0 Å². The molecular formula is C26H38NO5P. The second-order valence-electron chi connectivity index (χ2n) is 9.15. The Hall–Kier alpha value is -1.87. The van der Waals surface area contributed by atoms with Crippen molar-refractivity contribution in [1.29, 1.82) is 0 Å². The van der Waals surface area contributed by atoms with Gasteiger partial charge >= 0.3 is 7.82 Å². The van der Waals surface area contributed by atoms with E-state index in [1.54, 1.807) is 6.92 Å². The van der Waals surface area contributed by atoms with E-state index in [4.69, 9.17) is 19.9 Å². The van der Waals surface area contributed by atoms with Gasteiger partial charge in [-0.3, -0.25) is 4.52 Å². The zero-order chi connectivity index (χ0) is 24.3. The van der Waals surface area contributed by atoms with Crippen LogP contribution in [-0.2, 0) is 15.5 Å². The maximum atomic E-state index is 10.9. The molecule has 1 aromatic carbocycles. The van der Waals surface area contributed by atoms with Crippen LogP contribution >= 0.6 is 7.82 Å². The van der Waals surface area contributed by atoms with E-state index in [0.29, 0.717) is 30.4 Å². The predicted molar refractivity (Wildman–Crippen MR) is 132 cm³/mol. The molecule has 0 saturated heterocycles. The second kappa shape index (κ2) is 13.1. The normalized spacial score (nSPS) is 15.3. The van der Waals surface area contributed by atoms with Crippen LogP contribution in [0, 0.1) is 17.8 Å². The molecule has 3 atom stereocenters. The molecule has 6 nitrogen and oxygen atoms in total. The summed E-state index contributed by atoms with van der Waals surface area (Å²) in [5.74, 6) is 8.82. The molecule has 0 spiro atoms. The van der Waals surface area contributed by atoms with Gasteiger partial charge in [-0.1, -0.05) is 62.9 Å². The van der Waals surface area contributed by atoms with Gasteiger partial charge in [-0.15, -0.1) is 0 Å². The lowest BCUT2D eigenvalue weighted by atomic mass is 9.93. The quantitative estimate of drug-likeness (QED) is 0.193. The van der Waals surface area contributed by atoms with Gasteiger partial charge in [0.05, 0.1) is 6.61 Å². The van der Waals surface area contributed by atoms with Gasteiger partial charge in [0.1, 0.15) is 5.76 Å². The zero-order valence-corrected chi connectivity index (χ0v) is 20.9. The Morgan fingerprint density at radius 3 is 2.52 bits per heavy atom. The van der Waals surface area contributed by atoms with Gasteiger partial charge in [0.25, 0.3) is 0 Å². The molecule has 0 amide bonds. The fraction of sp³-hybridized carbons (Fsp3) is 0.538. The topological polar surface area (TPSA) is 106 Å². The summed E-state index contributed by atoms with van der Waals surface area (Å²) in [5.41, 5.74) is 6.60. The van der Waals surface area contributed by atoms with Gasteiger partial charge in [-0.2, -0.15) is 0 Å². The number of nitrogens with two attached hydrogens (primary N) is 1. The van der Waals surface area contributed by atoms with E-state index >= 15 is 0 Å². The van der Waals surface area contributed by atoms with Crippen molar-refractivity contribution in [3.8, 4) is 11.8 Å². The Morgan fingerprint density at radius 2 is 1.85 bits per heavy atom. The lowest BCUT2D eigenvalue weighted by molar-refractivity contribution is 0.154. The van der Waals surface area contributed by atoms with Crippen LogP contribution in [0.4, 0.5) is 0 Å². The monoisotopic (exact) mass is 475 g/mol. The smallest absolute Gasteiger partial charge is 0.453 e. The largest absolute Gasteiger partial charge is 0.469 e. The summed E-state index contributed by atoms with van der Waals surface area (Å²) in [7, 11) is -4.53. The van der Waals surface area contributed by atoms with Gasteiger partial charge in [0.2, 0.25) is 0 Å². The molecule has 3 unspecified atom stereocenters. The number of hydrogen-bond acceptors (Lipinski definition) is 4. The van der Waals surface area contributed by atoms with Crippen LogP contribution in [0.1, 0.15) is 82.3 Å². The molecule has 0 radical (unpaired) electrons. The first-order chi connectivity index (χ1) is 15.6. The summed E-state index contributed by atoms with van der Waals surface area (Å²) in [6, 6.07) is 14.4. The number of phosphoric ester groups is 1. The van der Waals surface area contributed by atoms with Crippen LogP contribution in [0.25, 0.3) is 0 Å². The fourth-order valence-electron chi connectivity index (χ4n) is 3.63. The Balaban J connectivity index is 1.76. The maximum absolute atomic E-state index is 10.9. The summed E-state index contributed by atoms with van der Waals surface area (Å²) in [4.78, 5) is 17.7. The Labute approximate surface area is 198 Å². The molecule has 0 aliphatic rings. The zero-order valence-electron chi connectivity index (χ0n) is 20.0. The minimum atomic E-state index is -4.53. The van der Waals surface area contributed by atoms with E-state index in [2.05, 4.69) is 60.5 Å². The molecule has 0 bridgehead atoms. The average Bonchev–Trinajstić information content (AvgIpc) is 3.24. The number of rotatable bonds is 13. The number of hydrogen-bond donors (Lipinski definition) is 3. The summed E-state index contributed by atoms with van der Waals surface area (Å²) in [5, 5.41) is 0. The highest BCUT2D eigenvalue weighted by molar-refractivity contribution is 7.46. The number of aryl methyl sites for hydroxylation is 1. The van der Waals surface area contributed by atoms with Crippen LogP contribution in [0.15, 0.2) is 46.9 Å². The summed E-state index contributed by atoms with van der Waals surface area (Å²) in [6.07, 6.45) is 6.66. The fourth-order valence-corrected chi connectivity index (χ4v) is 4.10. The van der Waals surface area contributed by atoms with E-state index in [1.807, 2.05) is 12.1 Å². The van der Waals surface area contributed by atoms with Crippen molar-refractivity contribution < 1.29 is 23.3 Å². The number of phosphoric acid groups is 1. The number of unbranched alkanes of at least 4 members (excludes halogenated alkanes) is 1. The minimum Gasteiger partial charge on any atom is -0.453 e. The van der Waals surface area contributed by atoms with Crippen molar-refractivity contribution in [2.75, 3.05) is 6.61 Å². The summed E-state index contributed by atoms with van der Waals surface area (Å²) < 4.78 is 21.2. The second-order valence-corrected chi connectivity index (χ2v) is 10.4. The molecule has 182 valence electrons. The van der Waals surface area contributed by atoms with Crippen LogP contribution in [0.3, 0.4) is 0 Å². The predicted octanol–water partition coefficient (Wildman–Crippen LogP) is 5.78. The molecular weight excluding hydrogens is 437 g/mol. The summed E-state index contributed by atoms with van der Waals surface area (Å²) >= 11 is 0. The third-order valence-corrected chi connectivity index (χ3v) is 6.33. The number of furan rings is 1. The maximum Gasteiger partial charge on any atom is 0.469 e. The van der Waals surface area contributed by atoms with Gasteiger partial charge in [-0.05, 0) is 62.1 Å². The van der Waals surface area contributed by atoms with Crippen LogP contribution in [0.5, 0.6) is 0 Å². The van der Waals surface area contributed by atoms with Crippen molar-refractivity contribution in [2.24, 2.45) is 11.7 Å². The van der Waals surface area contributed by atoms with Crippen molar-refractivity contribution in [3.63, 3.8) is 0 Å². The first-order valence-corrected chi connectivity index (χ1v) is 13.2. The lowest BCUT2D eigenvalue weighted by Crippen LogP contribution is -2.41. The first kappa shape index (κ1) is 27.4. The van der Waals surface area contributed by atoms with Crippen LogP contribution in [0.2, 0.25) is 0 Å². The van der Waals surface area contributed by atoms with Gasteiger partial charge in [0.15, 0.2) is 5.76 Å². The van der Waals surface area contributed by atoms with Crippen molar-refractivity contribution in [3.05, 3.63) is 59.5 Å². The SMILES string of the molecule is CCC(C#Cc1ccc(CCC(C)(N)COP(=O)(O)O)o1)CCCCC(C)c1ccccc1. The molecule has 7 heteroatoms. The van der Waals surface area contributed by atoms with Crippen LogP contribution < -0.4 is 5.73 Å². The summed E-state index contributed by atoms with van der Waals surface area (Å²) in [6.45, 7) is 5.92. The molecule has 4 N–H and O–H groups in total. The van der Waals surface area contributed by atoms with E-state index in [1.165, 1.54) is 24.8 Å². The first-order valence-electron chi connectivity index (χ1n) is 11.7. The third-order valence-electron chi connectivity index (χ3n) is 5.87. The van der Waals surface area contributed by atoms with E-state index in [9.17, 15) is 4.57 Å². The molecule has 1 heterocycles. The van der Waals surface area contributed by atoms with E-state index < -0.39 is 13.4 Å². The Kier molecular flexibility index (Phi) is 10.9. The van der Waals surface area contributed by atoms with Crippen molar-refractivity contribution >= 4 is 7.82 Å². The van der Waals surface area contributed by atoms with Crippen molar-refractivity contribution in [2.45, 2.75) is 77.2 Å². The minimum absolute atomic E-state index is 0.229. The highest BCUT2D eigenvalue weighted by atomic mass is 31.2. The molecule has 2 aromatic rings. The van der Waals surface area contributed by atoms with Gasteiger partial charge in [-0.25, -0.2) is 4.57 Å². The van der Waals surface area contributed by atoms with E-state index in [-0.39, 0.29) is 6.61 Å². The van der Waals surface area contributed by atoms with Crippen LogP contribution in [-0.4, -0.2) is 21.9 Å². The highest BCUT2D eigenvalue weighted by Gasteiger charge is 2.24. The number of benzene rings is 1. The molecule has 0 saturated carbocycles. The molecule has 0 aliphatic heterocycles. The van der Waals surface area contributed by atoms with E-state index in [0.717, 1.165) is 18.6 Å². The third kappa shape index (κ3) is 11.2. The Morgan fingerprint density at radius 1 is 1.15 bits per heavy atom. The molecule has 33 heavy (non-hydrogen) atoms. The molecule has 0 aliphatic carbocycles. The molecule has 2 rings (SSSR count). The van der Waals surface area contributed by atoms with Gasteiger partial charge < -0.3 is 19.9 Å². The lowest BCUT2D eigenvalue weighted by Gasteiger charge is -2.23. The standard InChI is InChI=1S/C26H38NO5P/c1-4-22(11-9-8-10-21(2)23-12-6-5-7-13-23)14-15-24-16-17-25(32-24)18-19-26(3,27)20-31-33(28,29)30/h5-7,12-13,16-17,21-22H,4,8-11,18-20,27H2,1-3H3,(H2,28,29,30). The molecule has 0 fully saturated rings. The van der Waals surface area contributed by atoms with Gasteiger partial charge in [0, 0.05) is 17.9 Å². The highest BCUT2D eigenvalue weighted by Crippen LogP contribution is 2.36. The average molecular weight is 476 g/mol. The Bertz CT molecular complexity index is 938. The molecule has 1 aromatic heterocycles.